The standard InChI is InChI=1S/C25H33N3O4S/c1-6-7-8-17-32-19-11-9-18(10-12-19)24(29)28(16-15-27(2)3)25-26-22-20(30-4)13-14-21(31-5)23(22)33-25/h9-14H,6-8,15-17H2,1-5H3. The van der Waals surface area contributed by atoms with Crippen molar-refractivity contribution in [3.05, 3.63) is 42.0 Å². The summed E-state index contributed by atoms with van der Waals surface area (Å²) in [6.07, 6.45) is 3.33. The fourth-order valence-corrected chi connectivity index (χ4v) is 4.46. The predicted molar refractivity (Wildman–Crippen MR) is 134 cm³/mol. The minimum Gasteiger partial charge on any atom is -0.495 e. The van der Waals surface area contributed by atoms with E-state index in [2.05, 4.69) is 6.92 Å². The summed E-state index contributed by atoms with van der Waals surface area (Å²) >= 11 is 1.43. The number of nitrogens with zero attached hydrogens (tertiary/aromatic N) is 3. The fraction of sp³-hybridized carbons (Fsp3) is 0.440. The van der Waals surface area contributed by atoms with Gasteiger partial charge in [-0.1, -0.05) is 31.1 Å². The summed E-state index contributed by atoms with van der Waals surface area (Å²) in [4.78, 5) is 22.1. The average molecular weight is 472 g/mol. The fourth-order valence-electron chi connectivity index (χ4n) is 3.37. The van der Waals surface area contributed by atoms with Crippen LogP contribution in [-0.2, 0) is 0 Å². The third kappa shape index (κ3) is 6.15. The summed E-state index contributed by atoms with van der Waals surface area (Å²) in [7, 11) is 7.21. The first kappa shape index (κ1) is 24.8. The lowest BCUT2D eigenvalue weighted by Gasteiger charge is -2.22. The molecule has 3 rings (SSSR count). The summed E-state index contributed by atoms with van der Waals surface area (Å²) in [5.41, 5.74) is 1.28. The number of carbonyl (C=O) groups excluding carboxylic acids is 1. The number of hydrogen-bond donors (Lipinski definition) is 0. The molecule has 0 radical (unpaired) electrons. The molecule has 8 heteroatoms. The highest BCUT2D eigenvalue weighted by Crippen LogP contribution is 2.40. The molecule has 0 aliphatic heterocycles. The Balaban J connectivity index is 1.89. The quantitative estimate of drug-likeness (QED) is 0.343. The molecule has 0 saturated heterocycles. The van der Waals surface area contributed by atoms with Crippen molar-refractivity contribution in [2.45, 2.75) is 26.2 Å². The highest BCUT2D eigenvalue weighted by Gasteiger charge is 2.23. The Morgan fingerprint density at radius 3 is 2.30 bits per heavy atom. The Labute approximate surface area is 199 Å². The van der Waals surface area contributed by atoms with Crippen molar-refractivity contribution in [3.8, 4) is 17.2 Å². The van der Waals surface area contributed by atoms with Gasteiger partial charge in [0.05, 0.1) is 20.8 Å². The molecule has 0 aliphatic carbocycles. The minimum atomic E-state index is -0.105. The second kappa shape index (κ2) is 11.9. The van der Waals surface area contributed by atoms with E-state index in [4.69, 9.17) is 19.2 Å². The van der Waals surface area contributed by atoms with Crippen LogP contribution in [0.2, 0.25) is 0 Å². The zero-order valence-corrected chi connectivity index (χ0v) is 20.9. The lowest BCUT2D eigenvalue weighted by molar-refractivity contribution is 0.0985. The van der Waals surface area contributed by atoms with Crippen LogP contribution >= 0.6 is 11.3 Å². The Kier molecular flexibility index (Phi) is 8.91. The van der Waals surface area contributed by atoms with Crippen LogP contribution in [-0.4, -0.2) is 63.8 Å². The first-order valence-corrected chi connectivity index (χ1v) is 12.0. The van der Waals surface area contributed by atoms with Gasteiger partial charge in [0, 0.05) is 18.7 Å². The maximum atomic E-state index is 13.5. The van der Waals surface area contributed by atoms with Crippen LogP contribution in [0.5, 0.6) is 17.2 Å². The normalized spacial score (nSPS) is 11.1. The molecule has 0 atom stereocenters. The number of rotatable bonds is 12. The SMILES string of the molecule is CCCCCOc1ccc(C(=O)N(CCN(C)C)c2nc3c(OC)ccc(OC)c3s2)cc1. The van der Waals surface area contributed by atoms with Crippen molar-refractivity contribution in [2.24, 2.45) is 0 Å². The van der Waals surface area contributed by atoms with Crippen LogP contribution < -0.4 is 19.1 Å². The molecule has 2 aromatic carbocycles. The zero-order chi connectivity index (χ0) is 23.8. The largest absolute Gasteiger partial charge is 0.495 e. The molecule has 178 valence electrons. The van der Waals surface area contributed by atoms with Crippen molar-refractivity contribution in [2.75, 3.05) is 52.9 Å². The van der Waals surface area contributed by atoms with Crippen molar-refractivity contribution in [1.29, 1.82) is 0 Å². The number of likely N-dealkylation sites (N-methyl/N-ethyl adjacent to an activating group) is 1. The second-order valence-electron chi connectivity index (χ2n) is 7.98. The van der Waals surface area contributed by atoms with E-state index in [0.29, 0.717) is 47.4 Å². The number of benzene rings is 2. The smallest absolute Gasteiger partial charge is 0.260 e. The number of unbranched alkanes of at least 4 members (excludes halogenated alkanes) is 2. The topological polar surface area (TPSA) is 64.1 Å². The number of methoxy groups -OCH3 is 2. The van der Waals surface area contributed by atoms with Gasteiger partial charge in [0.1, 0.15) is 27.5 Å². The summed E-state index contributed by atoms with van der Waals surface area (Å²) < 4.78 is 17.6. The average Bonchev–Trinajstić information content (AvgIpc) is 3.26. The Bertz CT molecular complexity index is 1010. The highest BCUT2D eigenvalue weighted by molar-refractivity contribution is 7.22. The van der Waals surface area contributed by atoms with E-state index in [9.17, 15) is 4.79 Å². The van der Waals surface area contributed by atoms with Gasteiger partial charge in [-0.25, -0.2) is 4.98 Å². The molecule has 0 fully saturated rings. The van der Waals surface area contributed by atoms with Gasteiger partial charge >= 0.3 is 0 Å². The van der Waals surface area contributed by atoms with Gasteiger partial charge in [0.2, 0.25) is 0 Å². The molecule has 1 amide bonds. The third-order valence-corrected chi connectivity index (χ3v) is 6.36. The second-order valence-corrected chi connectivity index (χ2v) is 8.96. The summed E-state index contributed by atoms with van der Waals surface area (Å²) in [6.45, 7) is 4.06. The molecule has 0 aliphatic rings. The zero-order valence-electron chi connectivity index (χ0n) is 20.1. The maximum Gasteiger partial charge on any atom is 0.260 e. The molecule has 0 spiro atoms. The van der Waals surface area contributed by atoms with Gasteiger partial charge in [0.25, 0.3) is 5.91 Å². The highest BCUT2D eigenvalue weighted by atomic mass is 32.1. The molecule has 3 aromatic rings. The van der Waals surface area contributed by atoms with Crippen molar-refractivity contribution >= 4 is 32.6 Å². The van der Waals surface area contributed by atoms with Crippen LogP contribution in [0, 0.1) is 0 Å². The van der Waals surface area contributed by atoms with Gasteiger partial charge in [-0.05, 0) is 56.9 Å². The van der Waals surface area contributed by atoms with E-state index in [0.717, 1.165) is 29.7 Å². The van der Waals surface area contributed by atoms with Gasteiger partial charge in [-0.3, -0.25) is 9.69 Å². The summed E-state index contributed by atoms with van der Waals surface area (Å²) in [6, 6.07) is 11.0. The van der Waals surface area contributed by atoms with Crippen LogP contribution in [0.1, 0.15) is 36.5 Å². The number of thiazole rings is 1. The van der Waals surface area contributed by atoms with E-state index in [1.807, 2.05) is 55.4 Å². The van der Waals surface area contributed by atoms with Crippen LogP contribution in [0.4, 0.5) is 5.13 Å². The first-order chi connectivity index (χ1) is 16.0. The van der Waals surface area contributed by atoms with Crippen molar-refractivity contribution in [3.63, 3.8) is 0 Å². The summed E-state index contributed by atoms with van der Waals surface area (Å²) in [5.74, 6) is 2.03. The number of amides is 1. The van der Waals surface area contributed by atoms with Crippen molar-refractivity contribution < 1.29 is 19.0 Å². The number of hydrogen-bond acceptors (Lipinski definition) is 7. The van der Waals surface area contributed by atoms with Crippen LogP contribution in [0.25, 0.3) is 10.2 Å². The molecule has 0 bridgehead atoms. The Morgan fingerprint density at radius 1 is 0.970 bits per heavy atom. The van der Waals surface area contributed by atoms with Gasteiger partial charge in [0.15, 0.2) is 5.13 Å². The number of fused-ring (bicyclic) bond motifs is 1. The van der Waals surface area contributed by atoms with E-state index in [1.165, 1.54) is 11.3 Å². The molecular formula is C25H33N3O4S. The lowest BCUT2D eigenvalue weighted by Crippen LogP contribution is -2.36. The molecule has 1 heterocycles. The molecule has 33 heavy (non-hydrogen) atoms. The number of ether oxygens (including phenoxy) is 3. The molecule has 7 nitrogen and oxygen atoms in total. The maximum absolute atomic E-state index is 13.5. The van der Waals surface area contributed by atoms with E-state index >= 15 is 0 Å². The Hall–Kier alpha value is -2.84. The lowest BCUT2D eigenvalue weighted by atomic mass is 10.2. The Morgan fingerprint density at radius 2 is 1.67 bits per heavy atom. The summed E-state index contributed by atoms with van der Waals surface area (Å²) in [5, 5.41) is 0.611. The number of aromatic nitrogens is 1. The number of anilines is 1. The van der Waals surface area contributed by atoms with E-state index in [-0.39, 0.29) is 5.91 Å². The first-order valence-electron chi connectivity index (χ1n) is 11.2. The van der Waals surface area contributed by atoms with Crippen LogP contribution in [0.3, 0.4) is 0 Å². The van der Waals surface area contributed by atoms with Gasteiger partial charge in [-0.2, -0.15) is 0 Å². The van der Waals surface area contributed by atoms with Gasteiger partial charge in [-0.15, -0.1) is 0 Å². The molecule has 0 saturated carbocycles. The van der Waals surface area contributed by atoms with Crippen LogP contribution in [0.15, 0.2) is 36.4 Å². The van der Waals surface area contributed by atoms with E-state index < -0.39 is 0 Å². The monoisotopic (exact) mass is 471 g/mol. The number of carbonyl (C=O) groups is 1. The third-order valence-electron chi connectivity index (χ3n) is 5.26. The van der Waals surface area contributed by atoms with Gasteiger partial charge < -0.3 is 19.1 Å². The van der Waals surface area contributed by atoms with Crippen molar-refractivity contribution in [1.82, 2.24) is 9.88 Å². The molecular weight excluding hydrogens is 438 g/mol. The molecule has 0 N–H and O–H groups in total. The van der Waals surface area contributed by atoms with E-state index in [1.54, 1.807) is 19.1 Å². The molecule has 0 unspecified atom stereocenters. The minimum absolute atomic E-state index is 0.105. The molecule has 1 aromatic heterocycles. The predicted octanol–water partition coefficient (Wildman–Crippen LogP) is 5.09.